The lowest BCUT2D eigenvalue weighted by Crippen LogP contribution is -2.59. The highest BCUT2D eigenvalue weighted by Gasteiger charge is 2.58. The number of likely N-dealkylation sites (N-methyl/N-ethyl adjacent to an activating group) is 1. The molecule has 1 heterocycles. The molecule has 0 amide bonds. The topological polar surface area (TPSA) is 12.0 Å². The zero-order valence-corrected chi connectivity index (χ0v) is 14.3. The first kappa shape index (κ1) is 14.3. The van der Waals surface area contributed by atoms with Gasteiger partial charge in [0.05, 0.1) is 0 Å². The number of hydrogen-bond acceptors (Lipinski definition) is 2. The summed E-state index contributed by atoms with van der Waals surface area (Å²) in [6.45, 7) is 5.99. The molecule has 1 nitrogen and oxygen atoms in total. The van der Waals surface area contributed by atoms with Gasteiger partial charge in [-0.3, -0.25) is 0 Å². The van der Waals surface area contributed by atoms with Crippen LogP contribution in [-0.2, 0) is 6.42 Å². The van der Waals surface area contributed by atoms with Crippen molar-refractivity contribution in [2.24, 2.45) is 22.7 Å². The van der Waals surface area contributed by atoms with Crippen molar-refractivity contribution in [1.29, 1.82) is 0 Å². The van der Waals surface area contributed by atoms with Gasteiger partial charge in [-0.05, 0) is 85.6 Å². The molecule has 1 aromatic rings. The lowest BCUT2D eigenvalue weighted by molar-refractivity contribution is -0.117. The summed E-state index contributed by atoms with van der Waals surface area (Å²) in [7, 11) is 0. The molecule has 116 valence electrons. The first-order chi connectivity index (χ1) is 10.1. The first-order valence-electron chi connectivity index (χ1n) is 8.87. The number of hydrogen-bond donors (Lipinski definition) is 1. The summed E-state index contributed by atoms with van der Waals surface area (Å²) < 4.78 is 0. The van der Waals surface area contributed by atoms with E-state index in [0.29, 0.717) is 16.9 Å². The van der Waals surface area contributed by atoms with Crippen molar-refractivity contribution in [3.05, 3.63) is 22.4 Å². The molecule has 0 saturated heterocycles. The van der Waals surface area contributed by atoms with E-state index in [1.807, 2.05) is 11.3 Å². The lowest BCUT2D eigenvalue weighted by atomic mass is 9.43. The molecule has 3 unspecified atom stereocenters. The molecular weight excluding hydrogens is 274 g/mol. The molecule has 0 aromatic carbocycles. The van der Waals surface area contributed by atoms with Crippen LogP contribution >= 0.6 is 11.3 Å². The standard InChI is InChI=1S/C19H29NS/c1-3-20-17(8-16-5-4-6-21-16)19-11-14-7-15(12-19)10-18(2,9-14)13-19/h4-6,14-15,17,20H,3,7-13H2,1-2H3. The molecule has 4 fully saturated rings. The third-order valence-electron chi connectivity index (χ3n) is 6.57. The van der Waals surface area contributed by atoms with Gasteiger partial charge >= 0.3 is 0 Å². The summed E-state index contributed by atoms with van der Waals surface area (Å²) in [4.78, 5) is 1.57. The normalized spacial score (nSPS) is 42.4. The van der Waals surface area contributed by atoms with Crippen LogP contribution < -0.4 is 5.32 Å². The van der Waals surface area contributed by atoms with Gasteiger partial charge in [-0.1, -0.05) is 19.9 Å². The predicted molar refractivity (Wildman–Crippen MR) is 90.7 cm³/mol. The smallest absolute Gasteiger partial charge is 0.0172 e. The maximum Gasteiger partial charge on any atom is 0.0172 e. The Labute approximate surface area is 133 Å². The van der Waals surface area contributed by atoms with Crippen LogP contribution in [0, 0.1) is 22.7 Å². The molecule has 5 rings (SSSR count). The molecule has 2 heteroatoms. The second-order valence-electron chi connectivity index (χ2n) is 8.53. The molecule has 4 aliphatic carbocycles. The largest absolute Gasteiger partial charge is 0.313 e. The molecule has 0 radical (unpaired) electrons. The molecule has 0 spiro atoms. The highest BCUT2D eigenvalue weighted by molar-refractivity contribution is 7.09. The van der Waals surface area contributed by atoms with Gasteiger partial charge in [-0.15, -0.1) is 11.3 Å². The van der Waals surface area contributed by atoms with E-state index in [1.54, 1.807) is 4.88 Å². The Balaban J connectivity index is 1.62. The highest BCUT2D eigenvalue weighted by Crippen LogP contribution is 2.66. The van der Waals surface area contributed by atoms with Crippen molar-refractivity contribution in [2.75, 3.05) is 6.54 Å². The average molecular weight is 304 g/mol. The zero-order chi connectivity index (χ0) is 14.5. The Morgan fingerprint density at radius 3 is 2.62 bits per heavy atom. The molecule has 1 aromatic heterocycles. The fourth-order valence-corrected chi connectivity index (χ4v) is 7.34. The van der Waals surface area contributed by atoms with Crippen molar-refractivity contribution in [3.8, 4) is 0 Å². The Kier molecular flexibility index (Phi) is 3.46. The molecule has 0 aliphatic heterocycles. The van der Waals surface area contributed by atoms with E-state index >= 15 is 0 Å². The van der Waals surface area contributed by atoms with Crippen molar-refractivity contribution < 1.29 is 0 Å². The third-order valence-corrected chi connectivity index (χ3v) is 7.47. The molecule has 4 aliphatic rings. The summed E-state index contributed by atoms with van der Waals surface area (Å²) in [5.41, 5.74) is 1.26. The number of nitrogens with one attached hydrogen (secondary N) is 1. The van der Waals surface area contributed by atoms with E-state index in [4.69, 9.17) is 0 Å². The Hall–Kier alpha value is -0.340. The third kappa shape index (κ3) is 2.49. The van der Waals surface area contributed by atoms with Gasteiger partial charge in [0.2, 0.25) is 0 Å². The van der Waals surface area contributed by atoms with Gasteiger partial charge in [-0.2, -0.15) is 0 Å². The molecule has 21 heavy (non-hydrogen) atoms. The van der Waals surface area contributed by atoms with Crippen LogP contribution in [0.2, 0.25) is 0 Å². The van der Waals surface area contributed by atoms with Crippen LogP contribution in [0.5, 0.6) is 0 Å². The van der Waals surface area contributed by atoms with Crippen molar-refractivity contribution >= 4 is 11.3 Å². The predicted octanol–water partition coefficient (Wildman–Crippen LogP) is 4.88. The van der Waals surface area contributed by atoms with Crippen LogP contribution in [0.25, 0.3) is 0 Å². The second-order valence-corrected chi connectivity index (χ2v) is 9.56. The van der Waals surface area contributed by atoms with E-state index in [2.05, 4.69) is 36.7 Å². The van der Waals surface area contributed by atoms with E-state index in [1.165, 1.54) is 44.9 Å². The van der Waals surface area contributed by atoms with Crippen molar-refractivity contribution in [2.45, 2.75) is 64.8 Å². The number of thiophene rings is 1. The first-order valence-corrected chi connectivity index (χ1v) is 9.75. The summed E-state index contributed by atoms with van der Waals surface area (Å²) >= 11 is 1.94. The summed E-state index contributed by atoms with van der Waals surface area (Å²) in [6.07, 6.45) is 10.3. The van der Waals surface area contributed by atoms with Crippen molar-refractivity contribution in [1.82, 2.24) is 5.32 Å². The van der Waals surface area contributed by atoms with Crippen LogP contribution in [-0.4, -0.2) is 12.6 Å². The monoisotopic (exact) mass is 303 g/mol. The molecular formula is C19H29NS. The average Bonchev–Trinajstić information content (AvgIpc) is 2.88. The van der Waals surface area contributed by atoms with E-state index in [0.717, 1.165) is 18.4 Å². The summed E-state index contributed by atoms with van der Waals surface area (Å²) in [5, 5.41) is 6.14. The van der Waals surface area contributed by atoms with Crippen molar-refractivity contribution in [3.63, 3.8) is 0 Å². The summed E-state index contributed by atoms with van der Waals surface area (Å²) in [6, 6.07) is 5.24. The van der Waals surface area contributed by atoms with Crippen LogP contribution in [0.4, 0.5) is 0 Å². The van der Waals surface area contributed by atoms with Crippen LogP contribution in [0.1, 0.15) is 57.2 Å². The SMILES string of the molecule is CCNC(Cc1cccs1)C12CC3CC(CC(C)(C3)C1)C2. The van der Waals surface area contributed by atoms with Gasteiger partial charge in [0.25, 0.3) is 0 Å². The minimum atomic E-state index is 0.596. The lowest BCUT2D eigenvalue weighted by Gasteiger charge is -2.63. The van der Waals surface area contributed by atoms with E-state index in [-0.39, 0.29) is 0 Å². The fourth-order valence-electron chi connectivity index (χ4n) is 6.59. The Morgan fingerprint density at radius 2 is 2.05 bits per heavy atom. The molecule has 1 N–H and O–H groups in total. The Bertz CT molecular complexity index is 478. The van der Waals surface area contributed by atoms with Gasteiger partial charge in [0, 0.05) is 10.9 Å². The number of rotatable bonds is 5. The van der Waals surface area contributed by atoms with Gasteiger partial charge in [-0.25, -0.2) is 0 Å². The highest BCUT2D eigenvalue weighted by atomic mass is 32.1. The Morgan fingerprint density at radius 1 is 1.29 bits per heavy atom. The van der Waals surface area contributed by atoms with Gasteiger partial charge in [0.15, 0.2) is 0 Å². The van der Waals surface area contributed by atoms with Crippen LogP contribution in [0.15, 0.2) is 17.5 Å². The summed E-state index contributed by atoms with van der Waals surface area (Å²) in [5.74, 6) is 2.06. The second kappa shape index (κ2) is 5.09. The van der Waals surface area contributed by atoms with Crippen LogP contribution in [0.3, 0.4) is 0 Å². The molecule has 4 bridgehead atoms. The minimum absolute atomic E-state index is 0.596. The van der Waals surface area contributed by atoms with Gasteiger partial charge in [0.1, 0.15) is 0 Å². The quantitative estimate of drug-likeness (QED) is 0.818. The van der Waals surface area contributed by atoms with E-state index in [9.17, 15) is 0 Å². The zero-order valence-electron chi connectivity index (χ0n) is 13.5. The van der Waals surface area contributed by atoms with Gasteiger partial charge < -0.3 is 5.32 Å². The maximum atomic E-state index is 3.90. The fraction of sp³-hybridized carbons (Fsp3) is 0.789. The molecule has 3 atom stereocenters. The minimum Gasteiger partial charge on any atom is -0.313 e. The molecule has 4 saturated carbocycles. The maximum absolute atomic E-state index is 3.90. The van der Waals surface area contributed by atoms with E-state index < -0.39 is 0 Å².